The Morgan fingerprint density at radius 1 is 0.755 bits per heavy atom. The number of nitrogens with one attached hydrogen (secondary N) is 3. The number of fused-ring (bicyclic) bond motifs is 1. The van der Waals surface area contributed by atoms with Gasteiger partial charge in [-0.2, -0.15) is 0 Å². The van der Waals surface area contributed by atoms with Crippen LogP contribution in [0.25, 0.3) is 0 Å². The molecule has 11 nitrogen and oxygen atoms in total. The molecule has 0 bridgehead atoms. The lowest BCUT2D eigenvalue weighted by Gasteiger charge is -2.22. The predicted octanol–water partition coefficient (Wildman–Crippen LogP) is 6.56. The Labute approximate surface area is 312 Å². The SMILES string of the molecule is O=C(O)CCC(=O)NCCN(Cc1cccc(C(=O)Nc2sc3c(c2C(=O)Nc2ccc(CCc4ccc(C(=O)O)cc4)cc2)CCCC3)c1)C1CC1. The second-order valence-electron chi connectivity index (χ2n) is 13.7. The molecule has 6 rings (SSSR count). The topological polar surface area (TPSA) is 165 Å². The van der Waals surface area contributed by atoms with Crippen LogP contribution in [0.2, 0.25) is 0 Å². The predicted molar refractivity (Wildman–Crippen MR) is 204 cm³/mol. The fourth-order valence-electron chi connectivity index (χ4n) is 6.64. The minimum Gasteiger partial charge on any atom is -0.481 e. The molecule has 0 aliphatic heterocycles. The number of nitrogens with zero attached hydrogens (tertiary/aromatic N) is 1. The number of aromatic carboxylic acids is 1. The Morgan fingerprint density at radius 2 is 1.45 bits per heavy atom. The highest BCUT2D eigenvalue weighted by atomic mass is 32.1. The number of hydrogen-bond donors (Lipinski definition) is 5. The van der Waals surface area contributed by atoms with Crippen molar-refractivity contribution in [3.63, 3.8) is 0 Å². The molecule has 1 heterocycles. The van der Waals surface area contributed by atoms with Crippen LogP contribution in [-0.2, 0) is 41.8 Å². The summed E-state index contributed by atoms with van der Waals surface area (Å²) < 4.78 is 0. The van der Waals surface area contributed by atoms with Crippen molar-refractivity contribution in [2.45, 2.75) is 76.8 Å². The summed E-state index contributed by atoms with van der Waals surface area (Å²) in [5.41, 5.74) is 6.04. The van der Waals surface area contributed by atoms with Crippen LogP contribution in [0.1, 0.15) is 96.7 Å². The highest BCUT2D eigenvalue weighted by Crippen LogP contribution is 2.39. The van der Waals surface area contributed by atoms with Crippen LogP contribution in [0, 0.1) is 0 Å². The van der Waals surface area contributed by atoms with Crippen LogP contribution in [0.15, 0.2) is 72.8 Å². The number of carbonyl (C=O) groups excluding carboxylic acids is 3. The molecule has 53 heavy (non-hydrogen) atoms. The number of carboxylic acids is 2. The lowest BCUT2D eigenvalue weighted by molar-refractivity contribution is -0.138. The Balaban J connectivity index is 1.08. The first kappa shape index (κ1) is 37.4. The van der Waals surface area contributed by atoms with E-state index in [1.165, 1.54) is 11.3 Å². The van der Waals surface area contributed by atoms with Crippen molar-refractivity contribution in [3.8, 4) is 0 Å². The smallest absolute Gasteiger partial charge is 0.335 e. The van der Waals surface area contributed by atoms with Crippen LogP contribution in [0.3, 0.4) is 0 Å². The molecular formula is C41H44N4O7S. The van der Waals surface area contributed by atoms with Gasteiger partial charge in [-0.1, -0.05) is 36.4 Å². The third-order valence-electron chi connectivity index (χ3n) is 9.67. The van der Waals surface area contributed by atoms with Gasteiger partial charge in [0.2, 0.25) is 5.91 Å². The fourth-order valence-corrected chi connectivity index (χ4v) is 7.93. The van der Waals surface area contributed by atoms with Gasteiger partial charge in [0.1, 0.15) is 5.00 Å². The van der Waals surface area contributed by atoms with Gasteiger partial charge in [-0.05, 0) is 110 Å². The maximum absolute atomic E-state index is 13.8. The standard InChI is InChI=1S/C41H44N4O7S/c46-35(20-21-36(47)48)42-22-23-45(32-18-19-32)25-28-4-3-5-30(24-28)38(49)44-40-37(33-6-1-2-7-34(33)53-40)39(50)43-31-16-12-27(13-17-31)9-8-26-10-14-29(15-11-26)41(51)52/h3-5,10-17,24,32H,1-2,6-9,18-23,25H2,(H,42,46)(H,43,50)(H,44,49)(H,47,48)(H,51,52). The lowest BCUT2D eigenvalue weighted by atomic mass is 9.95. The van der Waals surface area contributed by atoms with Crippen molar-refractivity contribution in [3.05, 3.63) is 117 Å². The summed E-state index contributed by atoms with van der Waals surface area (Å²) >= 11 is 1.48. The molecule has 1 saturated carbocycles. The highest BCUT2D eigenvalue weighted by Gasteiger charge is 2.29. The second kappa shape index (κ2) is 17.5. The first-order valence-electron chi connectivity index (χ1n) is 18.1. The normalized spacial score (nSPS) is 13.6. The van der Waals surface area contributed by atoms with Gasteiger partial charge in [0.05, 0.1) is 17.5 Å². The minimum absolute atomic E-state index is 0.0450. The maximum Gasteiger partial charge on any atom is 0.335 e. The molecular weight excluding hydrogens is 693 g/mol. The zero-order valence-electron chi connectivity index (χ0n) is 29.5. The summed E-state index contributed by atoms with van der Waals surface area (Å²) in [5, 5.41) is 27.4. The van der Waals surface area contributed by atoms with Gasteiger partial charge in [-0.25, -0.2) is 4.79 Å². The number of rotatable bonds is 17. The Hall–Kier alpha value is -5.33. The number of thiophene rings is 1. The van der Waals surface area contributed by atoms with Gasteiger partial charge < -0.3 is 26.2 Å². The average molecular weight is 737 g/mol. The molecule has 2 aliphatic rings. The molecule has 4 aromatic rings. The fraction of sp³-hybridized carbons (Fsp3) is 0.341. The Bertz CT molecular complexity index is 1970. The molecule has 0 atom stereocenters. The molecule has 0 spiro atoms. The highest BCUT2D eigenvalue weighted by molar-refractivity contribution is 7.17. The lowest BCUT2D eigenvalue weighted by Crippen LogP contribution is -2.36. The van der Waals surface area contributed by atoms with Crippen molar-refractivity contribution in [2.75, 3.05) is 23.7 Å². The van der Waals surface area contributed by atoms with E-state index < -0.39 is 11.9 Å². The summed E-state index contributed by atoms with van der Waals surface area (Å²) in [6, 6.07) is 22.5. The first-order valence-corrected chi connectivity index (χ1v) is 18.9. The Kier molecular flexibility index (Phi) is 12.3. The summed E-state index contributed by atoms with van der Waals surface area (Å²) in [6.07, 6.45) is 7.10. The number of amides is 3. The minimum atomic E-state index is -0.998. The molecule has 0 radical (unpaired) electrons. The Morgan fingerprint density at radius 3 is 2.13 bits per heavy atom. The van der Waals surface area contributed by atoms with E-state index in [0.717, 1.165) is 78.5 Å². The van der Waals surface area contributed by atoms with Crippen molar-refractivity contribution in [2.24, 2.45) is 0 Å². The van der Waals surface area contributed by atoms with Crippen LogP contribution >= 0.6 is 11.3 Å². The first-order chi connectivity index (χ1) is 25.6. The van der Waals surface area contributed by atoms with Crippen molar-refractivity contribution < 1.29 is 34.2 Å². The third kappa shape index (κ3) is 10.4. The number of hydrogen-bond acceptors (Lipinski definition) is 7. The molecule has 1 aromatic heterocycles. The van der Waals surface area contributed by atoms with Crippen molar-refractivity contribution >= 4 is 51.7 Å². The molecule has 0 saturated heterocycles. The molecule has 0 unspecified atom stereocenters. The maximum atomic E-state index is 13.8. The number of aliphatic carboxylic acids is 1. The van der Waals surface area contributed by atoms with E-state index in [2.05, 4.69) is 20.9 Å². The van der Waals surface area contributed by atoms with Gasteiger partial charge in [-0.3, -0.25) is 24.1 Å². The monoisotopic (exact) mass is 736 g/mol. The molecule has 1 fully saturated rings. The molecule has 3 aromatic carbocycles. The van der Waals surface area contributed by atoms with E-state index in [-0.39, 0.29) is 36.1 Å². The summed E-state index contributed by atoms with van der Waals surface area (Å²) in [6.45, 7) is 1.64. The number of carbonyl (C=O) groups is 5. The van der Waals surface area contributed by atoms with Gasteiger partial charge >= 0.3 is 11.9 Å². The van der Waals surface area contributed by atoms with E-state index in [1.807, 2.05) is 54.6 Å². The van der Waals surface area contributed by atoms with Crippen LogP contribution < -0.4 is 16.0 Å². The summed E-state index contributed by atoms with van der Waals surface area (Å²) in [5.74, 6) is -2.76. The zero-order valence-corrected chi connectivity index (χ0v) is 30.3. The molecule has 2 aliphatic carbocycles. The molecule has 3 amide bonds. The van der Waals surface area contributed by atoms with Gasteiger partial charge in [0, 0.05) is 48.2 Å². The number of carboxylic acid groups (broad SMARTS) is 2. The third-order valence-corrected chi connectivity index (χ3v) is 10.9. The van der Waals surface area contributed by atoms with Crippen LogP contribution in [0.5, 0.6) is 0 Å². The van der Waals surface area contributed by atoms with Crippen molar-refractivity contribution in [1.82, 2.24) is 10.2 Å². The molecule has 276 valence electrons. The second-order valence-corrected chi connectivity index (χ2v) is 14.8. The van der Waals surface area contributed by atoms with Crippen LogP contribution in [0.4, 0.5) is 10.7 Å². The number of aryl methyl sites for hydroxylation is 3. The summed E-state index contributed by atoms with van der Waals surface area (Å²) in [7, 11) is 0. The quantitative estimate of drug-likeness (QED) is 0.0814. The number of anilines is 2. The van der Waals surface area contributed by atoms with Gasteiger partial charge in [-0.15, -0.1) is 11.3 Å². The number of benzene rings is 3. The molecule has 5 N–H and O–H groups in total. The van der Waals surface area contributed by atoms with E-state index in [1.54, 1.807) is 18.2 Å². The zero-order chi connectivity index (χ0) is 37.3. The average Bonchev–Trinajstić information content (AvgIpc) is 3.94. The van der Waals surface area contributed by atoms with Crippen LogP contribution in [-0.4, -0.2) is 63.9 Å². The van der Waals surface area contributed by atoms with E-state index >= 15 is 0 Å². The summed E-state index contributed by atoms with van der Waals surface area (Å²) in [4.78, 5) is 64.8. The van der Waals surface area contributed by atoms with Gasteiger partial charge in [0.25, 0.3) is 11.8 Å². The largest absolute Gasteiger partial charge is 0.481 e. The molecule has 12 heteroatoms. The van der Waals surface area contributed by atoms with E-state index in [0.29, 0.717) is 47.5 Å². The van der Waals surface area contributed by atoms with Crippen molar-refractivity contribution in [1.29, 1.82) is 0 Å². The van der Waals surface area contributed by atoms with E-state index in [9.17, 15) is 24.0 Å². The van der Waals surface area contributed by atoms with E-state index in [4.69, 9.17) is 10.2 Å². The van der Waals surface area contributed by atoms with Gasteiger partial charge in [0.15, 0.2) is 0 Å².